The SMILES string of the molecule is CCNc1cc2oc3cc(=[NH+]CC)c(C)cc-3c(-c3ccccc3C(=O)N(C)CCCC(=O)NCC#Cc3cn([C@H]4C[C@H](O)[C@@H](COP(=O)(O)OP(=O)(O)OP(=O)([O-])O)O4)c(=O)nc3N)c2cc1C. The molecule has 3 unspecified atom stereocenters. The highest BCUT2D eigenvalue weighted by Gasteiger charge is 2.41. The van der Waals surface area contributed by atoms with Gasteiger partial charge in [-0.05, 0) is 63.4 Å². The Balaban J connectivity index is 1.07. The predicted octanol–water partition coefficient (Wildman–Crippen LogP) is 1.77. The number of ether oxygens (including phenoxy) is 1. The second-order valence-corrected chi connectivity index (χ2v) is 20.2. The maximum absolute atomic E-state index is 14.2. The monoisotopic (exact) mass is 1020 g/mol. The van der Waals surface area contributed by atoms with Crippen molar-refractivity contribution in [1.29, 1.82) is 0 Å². The van der Waals surface area contributed by atoms with E-state index in [4.69, 9.17) is 19.8 Å². The maximum atomic E-state index is 14.2. The Hall–Kier alpha value is -5.56. The number of rotatable bonds is 18. The molecule has 1 aromatic heterocycles. The van der Waals surface area contributed by atoms with Crippen molar-refractivity contribution in [3.8, 4) is 34.3 Å². The minimum Gasteiger partial charge on any atom is -0.756 e. The van der Waals surface area contributed by atoms with Crippen LogP contribution in [0.5, 0.6) is 0 Å². The summed E-state index contributed by atoms with van der Waals surface area (Å²) in [6.45, 7) is 8.72. The molecule has 3 heterocycles. The van der Waals surface area contributed by atoms with Gasteiger partial charge < -0.3 is 55.1 Å². The van der Waals surface area contributed by atoms with Crippen molar-refractivity contribution >= 4 is 57.8 Å². The number of fused-ring (bicyclic) bond motifs is 2. The van der Waals surface area contributed by atoms with E-state index in [1.165, 1.54) is 6.20 Å². The van der Waals surface area contributed by atoms with E-state index in [1.54, 1.807) is 18.0 Å². The topological polar surface area (TPSA) is 342 Å². The number of nitrogen functional groups attached to an aromatic ring is 1. The first-order valence-electron chi connectivity index (χ1n) is 21.4. The number of carbonyl (C=O) groups excluding carboxylic acids is 2. The molecule has 2 amide bonds. The van der Waals surface area contributed by atoms with Gasteiger partial charge in [0.1, 0.15) is 36.0 Å². The third kappa shape index (κ3) is 13.4. The number of nitrogens with two attached hydrogens (primary N) is 1. The van der Waals surface area contributed by atoms with Crippen LogP contribution in [0.15, 0.2) is 63.9 Å². The Morgan fingerprint density at radius 3 is 2.51 bits per heavy atom. The number of nitrogens with zero attached hydrogens (tertiary/aromatic N) is 3. The van der Waals surface area contributed by atoms with Gasteiger partial charge in [-0.1, -0.05) is 30.0 Å². The third-order valence-electron chi connectivity index (χ3n) is 10.7. The standard InChI is InChI=1S/C43H52N7O16P3/c1-6-45-32-20-35-30(18-25(32)3)40(31-19-26(4)33(46-7-2)21-36(31)63-35)28-13-8-9-14-29(28)42(53)49(5)17-11-15-38(52)47-16-10-12-27-23-50(43(54)48-41(27)44)39-22-34(51)37(64-39)24-62-68(58,59)66-69(60,61)65-67(55,56)57/h8-9,13-14,18-21,23,34,37,39,45,51H,6-7,11,15-17,22,24H2,1-5H3,(H,47,52)(H,58,59)(H,60,61)(H2,44,48,54)(H2,55,56,57)/t34-,37+,39+/m0/s1. The van der Waals surface area contributed by atoms with Crippen LogP contribution in [0.1, 0.15) is 66.4 Å². The van der Waals surface area contributed by atoms with E-state index >= 15 is 0 Å². The molecule has 9 N–H and O–H groups in total. The lowest BCUT2D eigenvalue weighted by Gasteiger charge is -2.22. The first kappa shape index (κ1) is 52.8. The van der Waals surface area contributed by atoms with Crippen LogP contribution < -0.4 is 37.3 Å². The number of benzene rings is 3. The molecule has 6 atom stereocenters. The summed E-state index contributed by atoms with van der Waals surface area (Å²) in [6.07, 6.45) is -2.82. The summed E-state index contributed by atoms with van der Waals surface area (Å²) in [7, 11) is -15.6. The summed E-state index contributed by atoms with van der Waals surface area (Å²) < 4.78 is 59.1. The minimum atomic E-state index is -5.86. The Labute approximate surface area is 395 Å². The smallest absolute Gasteiger partial charge is 0.487 e. The number of phosphoric ester groups is 1. The highest BCUT2D eigenvalue weighted by Crippen LogP contribution is 2.65. The summed E-state index contributed by atoms with van der Waals surface area (Å²) in [6, 6.07) is 15.6. The van der Waals surface area contributed by atoms with Crippen LogP contribution in [0.25, 0.3) is 33.4 Å². The molecule has 26 heteroatoms. The number of aliphatic hydroxyl groups excluding tert-OH is 1. The van der Waals surface area contributed by atoms with E-state index in [1.807, 2.05) is 58.0 Å². The third-order valence-corrected chi connectivity index (χ3v) is 14.5. The second kappa shape index (κ2) is 22.0. The summed E-state index contributed by atoms with van der Waals surface area (Å²) in [5, 5.41) is 18.4. The zero-order valence-electron chi connectivity index (χ0n) is 38.0. The van der Waals surface area contributed by atoms with Gasteiger partial charge in [0.05, 0.1) is 30.9 Å². The van der Waals surface area contributed by atoms with E-state index in [9.17, 15) is 47.9 Å². The molecule has 1 aliphatic carbocycles. The number of amides is 2. The highest BCUT2D eigenvalue weighted by molar-refractivity contribution is 7.66. The van der Waals surface area contributed by atoms with Crippen molar-refractivity contribution in [3.63, 3.8) is 0 Å². The van der Waals surface area contributed by atoms with Crippen LogP contribution in [0.4, 0.5) is 11.5 Å². The van der Waals surface area contributed by atoms with Crippen LogP contribution in [-0.2, 0) is 36.4 Å². The lowest BCUT2D eigenvalue weighted by molar-refractivity contribution is -0.496. The van der Waals surface area contributed by atoms with Gasteiger partial charge in [0, 0.05) is 78.6 Å². The van der Waals surface area contributed by atoms with Gasteiger partial charge in [0.25, 0.3) is 13.7 Å². The first-order chi connectivity index (χ1) is 32.5. The lowest BCUT2D eigenvalue weighted by atomic mass is 9.89. The van der Waals surface area contributed by atoms with Crippen molar-refractivity contribution in [2.24, 2.45) is 0 Å². The predicted molar refractivity (Wildman–Crippen MR) is 248 cm³/mol. The Bertz CT molecular complexity index is 3070. The molecule has 0 radical (unpaired) electrons. The molecule has 3 aliphatic rings. The fraction of sp³-hybridized carbons (Fsp3) is 0.372. The number of hydrogen-bond donors (Lipinski definition) is 8. The Morgan fingerprint density at radius 1 is 1.06 bits per heavy atom. The summed E-state index contributed by atoms with van der Waals surface area (Å²) in [5.74, 6) is 5.26. The number of hydrogen-bond acceptors (Lipinski definition) is 16. The number of aliphatic hydroxyl groups is 1. The zero-order valence-corrected chi connectivity index (χ0v) is 40.7. The van der Waals surface area contributed by atoms with Crippen molar-refractivity contribution in [1.82, 2.24) is 19.8 Å². The number of anilines is 2. The quantitative estimate of drug-likeness (QED) is 0.0352. The molecule has 69 heavy (non-hydrogen) atoms. The van der Waals surface area contributed by atoms with E-state index in [-0.39, 0.29) is 49.1 Å². The van der Waals surface area contributed by atoms with Crippen LogP contribution in [0.3, 0.4) is 0 Å². The van der Waals surface area contributed by atoms with E-state index < -0.39 is 54.2 Å². The largest absolute Gasteiger partial charge is 0.756 e. The molecule has 370 valence electrons. The number of phosphoric acid groups is 3. The van der Waals surface area contributed by atoms with Gasteiger partial charge in [-0.15, -0.1) is 0 Å². The van der Waals surface area contributed by atoms with Crippen LogP contribution in [0, 0.1) is 25.7 Å². The fourth-order valence-electron chi connectivity index (χ4n) is 7.58. The molecule has 1 saturated heterocycles. The van der Waals surface area contributed by atoms with E-state index in [0.717, 1.165) is 61.9 Å². The van der Waals surface area contributed by atoms with Gasteiger partial charge in [0.2, 0.25) is 11.3 Å². The van der Waals surface area contributed by atoms with Crippen molar-refractivity contribution in [3.05, 3.63) is 92.8 Å². The summed E-state index contributed by atoms with van der Waals surface area (Å²) >= 11 is 0. The highest BCUT2D eigenvalue weighted by atomic mass is 31.3. The Morgan fingerprint density at radius 2 is 1.80 bits per heavy atom. The molecule has 23 nitrogen and oxygen atoms in total. The molecule has 2 aliphatic heterocycles. The average Bonchev–Trinajstić information content (AvgIpc) is 3.63. The van der Waals surface area contributed by atoms with Gasteiger partial charge in [-0.25, -0.2) is 23.2 Å². The number of carbonyl (C=O) groups is 2. The number of nitrogens with one attached hydrogen (secondary N) is 3. The van der Waals surface area contributed by atoms with Crippen LogP contribution in [-0.4, -0.2) is 98.1 Å². The molecule has 1 fully saturated rings. The van der Waals surface area contributed by atoms with Gasteiger partial charge in [0.15, 0.2) is 0 Å². The first-order valence-corrected chi connectivity index (χ1v) is 25.9. The average molecular weight is 1020 g/mol. The lowest BCUT2D eigenvalue weighted by Crippen LogP contribution is -2.76. The van der Waals surface area contributed by atoms with Crippen molar-refractivity contribution < 1.29 is 75.3 Å². The van der Waals surface area contributed by atoms with Crippen molar-refractivity contribution in [2.45, 2.75) is 65.4 Å². The normalized spacial score (nSPS) is 18.8. The molecular weight excluding hydrogens is 963 g/mol. The van der Waals surface area contributed by atoms with Gasteiger partial charge >= 0.3 is 21.3 Å². The van der Waals surface area contributed by atoms with Gasteiger partial charge in [-0.3, -0.25) is 23.2 Å². The van der Waals surface area contributed by atoms with Crippen LogP contribution in [0.2, 0.25) is 0 Å². The molecule has 2 aromatic carbocycles. The maximum Gasteiger partial charge on any atom is 0.487 e. The summed E-state index contributed by atoms with van der Waals surface area (Å²) in [5.41, 5.74) is 11.6. The molecule has 6 rings (SSSR count). The Kier molecular flexibility index (Phi) is 16.9. The molecule has 0 saturated carbocycles. The van der Waals surface area contributed by atoms with Crippen LogP contribution >= 0.6 is 23.5 Å². The van der Waals surface area contributed by atoms with E-state index in [2.05, 4.69) is 57.7 Å². The van der Waals surface area contributed by atoms with Crippen molar-refractivity contribution in [2.75, 3.05) is 50.9 Å². The molecular formula is C43H52N7O16P3. The fourth-order valence-corrected chi connectivity index (χ4v) is 10.6. The minimum absolute atomic E-state index is 0.0428. The molecule has 0 bridgehead atoms. The second-order valence-electron chi connectivity index (χ2n) is 15.8. The molecule has 0 spiro atoms. The number of aromatic nitrogens is 2. The summed E-state index contributed by atoms with van der Waals surface area (Å²) in [4.78, 5) is 86.8. The van der Waals surface area contributed by atoms with Gasteiger partial charge in [-0.2, -0.15) is 9.29 Å². The van der Waals surface area contributed by atoms with E-state index in [0.29, 0.717) is 23.3 Å². The number of aryl methyl sites for hydroxylation is 2. The molecule has 3 aromatic rings. The zero-order chi connectivity index (χ0) is 50.4.